The Morgan fingerprint density at radius 2 is 1.97 bits per heavy atom. The van der Waals surface area contributed by atoms with Crippen molar-refractivity contribution in [2.24, 2.45) is 5.92 Å². The fourth-order valence-electron chi connectivity index (χ4n) is 3.76. The molecule has 1 N–H and O–H groups in total. The summed E-state index contributed by atoms with van der Waals surface area (Å²) < 4.78 is 42.9. The van der Waals surface area contributed by atoms with E-state index in [0.29, 0.717) is 24.8 Å². The molecule has 0 aromatic carbocycles. The van der Waals surface area contributed by atoms with Crippen LogP contribution in [0.15, 0.2) is 29.0 Å². The first kappa shape index (κ1) is 23.6. The molecule has 0 saturated heterocycles. The minimum absolute atomic E-state index is 0.199. The van der Waals surface area contributed by atoms with Gasteiger partial charge in [-0.25, -0.2) is 4.79 Å². The fraction of sp³-hybridized carbons (Fsp3) is 0.524. The molecule has 174 valence electrons. The van der Waals surface area contributed by atoms with Gasteiger partial charge < -0.3 is 19.3 Å². The van der Waals surface area contributed by atoms with E-state index in [1.807, 2.05) is 17.0 Å². The molecule has 4 rings (SSSR count). The average Bonchev–Trinajstić information content (AvgIpc) is 3.20. The predicted octanol–water partition coefficient (Wildman–Crippen LogP) is 3.75. The van der Waals surface area contributed by atoms with E-state index in [1.165, 1.54) is 19.3 Å². The van der Waals surface area contributed by atoms with Gasteiger partial charge in [-0.05, 0) is 25.0 Å². The highest BCUT2D eigenvalue weighted by Gasteiger charge is 2.38. The molecule has 1 saturated carbocycles. The van der Waals surface area contributed by atoms with E-state index in [-0.39, 0.29) is 5.92 Å². The maximum absolute atomic E-state index is 12.8. The number of nitrogens with zero attached hydrogens (tertiary/aromatic N) is 3. The number of aliphatic carboxylic acids is 1. The molecule has 11 heteroatoms. The third-order valence-corrected chi connectivity index (χ3v) is 5.43. The number of hydrogen-bond acceptors (Lipinski definition) is 6. The van der Waals surface area contributed by atoms with Crippen molar-refractivity contribution in [1.82, 2.24) is 15.0 Å². The molecular weight excluding hydrogens is 431 g/mol. The fourth-order valence-corrected chi connectivity index (χ4v) is 3.76. The van der Waals surface area contributed by atoms with Crippen LogP contribution < -0.4 is 4.74 Å². The van der Waals surface area contributed by atoms with Gasteiger partial charge in [0, 0.05) is 30.6 Å². The number of carbonyl (C=O) groups is 2. The van der Waals surface area contributed by atoms with Gasteiger partial charge in [-0.2, -0.15) is 13.2 Å². The molecule has 0 spiro atoms. The van der Waals surface area contributed by atoms with Crippen LogP contribution in [0.5, 0.6) is 5.75 Å². The summed E-state index contributed by atoms with van der Waals surface area (Å²) >= 11 is 0. The second kappa shape index (κ2) is 10.5. The van der Waals surface area contributed by atoms with Crippen LogP contribution >= 0.6 is 0 Å². The van der Waals surface area contributed by atoms with Crippen LogP contribution in [0.3, 0.4) is 0 Å². The zero-order valence-electron chi connectivity index (χ0n) is 17.3. The summed E-state index contributed by atoms with van der Waals surface area (Å²) in [7, 11) is 0. The van der Waals surface area contributed by atoms with Crippen LogP contribution in [-0.2, 0) is 29.2 Å². The maximum Gasteiger partial charge on any atom is 0.490 e. The van der Waals surface area contributed by atoms with Crippen molar-refractivity contribution in [3.8, 4) is 5.75 Å². The lowest BCUT2D eigenvalue weighted by atomic mass is 9.88. The van der Waals surface area contributed by atoms with Crippen LogP contribution in [0.25, 0.3) is 0 Å². The summed E-state index contributed by atoms with van der Waals surface area (Å²) in [5.41, 5.74) is 1.79. The Hall–Kier alpha value is -3.11. The van der Waals surface area contributed by atoms with Gasteiger partial charge >= 0.3 is 12.1 Å². The molecule has 0 atom stereocenters. The van der Waals surface area contributed by atoms with Crippen LogP contribution in [0.1, 0.15) is 49.1 Å². The third-order valence-electron chi connectivity index (χ3n) is 5.43. The number of amides is 1. The number of hydrogen-bond donors (Lipinski definition) is 1. The first-order valence-corrected chi connectivity index (χ1v) is 10.3. The number of alkyl halides is 3. The molecule has 0 radical (unpaired) electrons. The summed E-state index contributed by atoms with van der Waals surface area (Å²) in [5, 5.41) is 11.3. The monoisotopic (exact) mass is 455 g/mol. The number of aromatic nitrogens is 2. The highest BCUT2D eigenvalue weighted by atomic mass is 19.4. The third kappa shape index (κ3) is 6.21. The van der Waals surface area contributed by atoms with Gasteiger partial charge in [-0.3, -0.25) is 9.78 Å². The maximum atomic E-state index is 12.8. The van der Waals surface area contributed by atoms with Gasteiger partial charge in [0.25, 0.3) is 0 Å². The Morgan fingerprint density at radius 3 is 2.59 bits per heavy atom. The number of pyridine rings is 1. The van der Waals surface area contributed by atoms with Crippen LogP contribution in [0.2, 0.25) is 0 Å². The molecule has 8 nitrogen and oxygen atoms in total. The Kier molecular flexibility index (Phi) is 7.70. The van der Waals surface area contributed by atoms with E-state index in [2.05, 4.69) is 10.1 Å². The lowest BCUT2D eigenvalue weighted by molar-refractivity contribution is -0.192. The number of carboxylic acids is 1. The molecule has 1 fully saturated rings. The van der Waals surface area contributed by atoms with E-state index in [4.69, 9.17) is 19.2 Å². The summed E-state index contributed by atoms with van der Waals surface area (Å²) in [6.45, 7) is 1.64. The van der Waals surface area contributed by atoms with E-state index in [1.54, 1.807) is 12.4 Å². The van der Waals surface area contributed by atoms with Crippen molar-refractivity contribution in [3.05, 3.63) is 41.5 Å². The molecule has 2 aromatic rings. The van der Waals surface area contributed by atoms with Crippen LogP contribution in [-0.4, -0.2) is 44.7 Å². The van der Waals surface area contributed by atoms with Crippen molar-refractivity contribution in [2.45, 2.75) is 57.9 Å². The van der Waals surface area contributed by atoms with E-state index < -0.39 is 12.1 Å². The first-order valence-electron chi connectivity index (χ1n) is 10.3. The van der Waals surface area contributed by atoms with E-state index >= 15 is 0 Å². The molecule has 1 amide bonds. The number of carbonyl (C=O) groups excluding carboxylic acids is 1. The Labute approximate surface area is 182 Å². The minimum Gasteiger partial charge on any atom is -0.486 e. The Bertz CT molecular complexity index is 911. The van der Waals surface area contributed by atoms with E-state index in [0.717, 1.165) is 42.8 Å². The van der Waals surface area contributed by atoms with E-state index in [9.17, 15) is 18.0 Å². The molecule has 2 aromatic heterocycles. The predicted molar refractivity (Wildman–Crippen MR) is 104 cm³/mol. The number of rotatable bonds is 4. The number of carboxylic acid groups (broad SMARTS) is 1. The summed E-state index contributed by atoms with van der Waals surface area (Å²) in [5.74, 6) is -0.675. The number of fused-ring (bicyclic) bond motifs is 1. The second-order valence-corrected chi connectivity index (χ2v) is 7.66. The quantitative estimate of drug-likeness (QED) is 0.749. The van der Waals surface area contributed by atoms with Gasteiger partial charge in [0.1, 0.15) is 23.8 Å². The Morgan fingerprint density at radius 1 is 1.25 bits per heavy atom. The lowest BCUT2D eigenvalue weighted by Gasteiger charge is -2.31. The van der Waals surface area contributed by atoms with Crippen molar-refractivity contribution >= 4 is 11.9 Å². The van der Waals surface area contributed by atoms with Crippen molar-refractivity contribution < 1.29 is 37.1 Å². The van der Waals surface area contributed by atoms with Gasteiger partial charge in [-0.1, -0.05) is 24.4 Å². The SMILES string of the molecule is O=C(C1CCCCC1)N1CCc2onc(COc3cccnc3)c2C1.O=C(O)C(F)(F)F. The number of ether oxygens (including phenoxy) is 1. The molecule has 0 bridgehead atoms. The molecule has 1 aliphatic heterocycles. The molecular formula is C21H24F3N3O5. The first-order chi connectivity index (χ1) is 15.3. The molecule has 1 aliphatic carbocycles. The highest BCUT2D eigenvalue weighted by Crippen LogP contribution is 2.29. The molecule has 0 unspecified atom stereocenters. The smallest absolute Gasteiger partial charge is 0.486 e. The minimum atomic E-state index is -5.08. The largest absolute Gasteiger partial charge is 0.490 e. The van der Waals surface area contributed by atoms with Gasteiger partial charge in [0.05, 0.1) is 12.7 Å². The van der Waals surface area contributed by atoms with Gasteiger partial charge in [-0.15, -0.1) is 0 Å². The van der Waals surface area contributed by atoms with Gasteiger partial charge in [0.15, 0.2) is 0 Å². The highest BCUT2D eigenvalue weighted by molar-refractivity contribution is 5.79. The molecule has 3 heterocycles. The van der Waals surface area contributed by atoms with Crippen molar-refractivity contribution in [2.75, 3.05) is 6.54 Å². The summed E-state index contributed by atoms with van der Waals surface area (Å²) in [6, 6.07) is 3.69. The average molecular weight is 455 g/mol. The normalized spacial score (nSPS) is 16.5. The zero-order chi connectivity index (χ0) is 23.1. The summed E-state index contributed by atoms with van der Waals surface area (Å²) in [4.78, 5) is 27.7. The zero-order valence-corrected chi connectivity index (χ0v) is 17.3. The van der Waals surface area contributed by atoms with Crippen LogP contribution in [0.4, 0.5) is 13.2 Å². The van der Waals surface area contributed by atoms with Crippen molar-refractivity contribution in [1.29, 1.82) is 0 Å². The standard InChI is InChI=1S/C19H23N3O3.C2HF3O2/c23-19(14-5-2-1-3-6-14)22-10-8-18-16(12-22)17(21-25-18)13-24-15-7-4-9-20-11-15;3-2(4,5)1(6)7/h4,7,9,11,14H,1-3,5-6,8,10,12-13H2;(H,6,7). The summed E-state index contributed by atoms with van der Waals surface area (Å²) in [6.07, 6.45) is 4.69. The topological polar surface area (TPSA) is 106 Å². The number of halogens is 3. The van der Waals surface area contributed by atoms with Gasteiger partial charge in [0.2, 0.25) is 5.91 Å². The molecule has 32 heavy (non-hydrogen) atoms. The lowest BCUT2D eigenvalue weighted by Crippen LogP contribution is -2.40. The van der Waals surface area contributed by atoms with Crippen molar-refractivity contribution in [3.63, 3.8) is 0 Å². The second-order valence-electron chi connectivity index (χ2n) is 7.66. The molecule has 2 aliphatic rings. The Balaban J connectivity index is 0.000000360. The van der Waals surface area contributed by atoms with Crippen LogP contribution in [0, 0.1) is 5.92 Å².